The molecule has 0 radical (unpaired) electrons. The van der Waals surface area contributed by atoms with Gasteiger partial charge in [0.15, 0.2) is 0 Å². The fourth-order valence-electron chi connectivity index (χ4n) is 2.27. The number of carbonyl (C=O) groups excluding carboxylic acids is 1. The molecule has 0 spiro atoms. The van der Waals surface area contributed by atoms with Gasteiger partial charge in [-0.05, 0) is 44.5 Å². The third kappa shape index (κ3) is 4.42. The van der Waals surface area contributed by atoms with Crippen LogP contribution in [0.15, 0.2) is 23.1 Å². The lowest BCUT2D eigenvalue weighted by Crippen LogP contribution is -2.36. The van der Waals surface area contributed by atoms with Gasteiger partial charge in [-0.25, -0.2) is 17.9 Å². The number of nitrogens with one attached hydrogen (secondary N) is 2. The van der Waals surface area contributed by atoms with Crippen LogP contribution in [-0.2, 0) is 14.8 Å². The molecule has 0 bridgehead atoms. The van der Waals surface area contributed by atoms with E-state index in [0.717, 1.165) is 13.0 Å². The average Bonchev–Trinajstić information content (AvgIpc) is 2.91. The van der Waals surface area contributed by atoms with E-state index in [-0.39, 0.29) is 35.5 Å². The molecule has 2 N–H and O–H groups in total. The van der Waals surface area contributed by atoms with E-state index in [1.54, 1.807) is 26.0 Å². The van der Waals surface area contributed by atoms with Gasteiger partial charge in [0.05, 0.1) is 17.1 Å². The number of carbonyl (C=O) groups is 1. The summed E-state index contributed by atoms with van der Waals surface area (Å²) in [6.07, 6.45) is 0.760. The van der Waals surface area contributed by atoms with Gasteiger partial charge in [0, 0.05) is 12.6 Å². The zero-order chi connectivity index (χ0) is 15.5. The molecule has 1 unspecified atom stereocenters. The maximum absolute atomic E-state index is 12.5. The molecule has 124 valence electrons. The Balaban J connectivity index is 0.00000242. The van der Waals surface area contributed by atoms with Gasteiger partial charge < -0.3 is 10.1 Å². The molecule has 1 saturated heterocycles. The van der Waals surface area contributed by atoms with Gasteiger partial charge in [-0.15, -0.1) is 12.4 Å². The number of halogens is 1. The van der Waals surface area contributed by atoms with Crippen LogP contribution in [0.5, 0.6) is 0 Å². The van der Waals surface area contributed by atoms with Crippen molar-refractivity contribution >= 4 is 28.4 Å². The first-order valence-corrected chi connectivity index (χ1v) is 8.43. The van der Waals surface area contributed by atoms with Gasteiger partial charge in [-0.2, -0.15) is 0 Å². The highest BCUT2D eigenvalue weighted by Gasteiger charge is 2.25. The number of aryl methyl sites for hydroxylation is 1. The van der Waals surface area contributed by atoms with Gasteiger partial charge in [0.2, 0.25) is 10.0 Å². The molecule has 1 aromatic carbocycles. The lowest BCUT2D eigenvalue weighted by atomic mass is 10.1. The van der Waals surface area contributed by atoms with Gasteiger partial charge in [-0.1, -0.05) is 6.07 Å². The maximum atomic E-state index is 12.5. The Morgan fingerprint density at radius 3 is 2.77 bits per heavy atom. The SMILES string of the molecule is CCOC(=O)c1ccc(C)c(S(=O)(=O)NC2CCNC2)c1.Cl. The predicted molar refractivity (Wildman–Crippen MR) is 86.0 cm³/mol. The van der Waals surface area contributed by atoms with Gasteiger partial charge in [0.1, 0.15) is 0 Å². The summed E-state index contributed by atoms with van der Waals surface area (Å²) in [5.41, 5.74) is 0.842. The third-order valence-corrected chi connectivity index (χ3v) is 5.03. The van der Waals surface area contributed by atoms with Crippen molar-refractivity contribution in [3.63, 3.8) is 0 Å². The van der Waals surface area contributed by atoms with Gasteiger partial charge >= 0.3 is 5.97 Å². The summed E-state index contributed by atoms with van der Waals surface area (Å²) < 4.78 is 32.5. The Morgan fingerprint density at radius 1 is 1.45 bits per heavy atom. The van der Waals surface area contributed by atoms with Crippen LogP contribution in [-0.4, -0.2) is 40.1 Å². The summed E-state index contributed by atoms with van der Waals surface area (Å²) in [6, 6.07) is 4.45. The lowest BCUT2D eigenvalue weighted by Gasteiger charge is -2.14. The molecule has 0 aliphatic carbocycles. The molecule has 1 atom stereocenters. The molecule has 0 saturated carbocycles. The van der Waals surface area contributed by atoms with Crippen LogP contribution >= 0.6 is 12.4 Å². The lowest BCUT2D eigenvalue weighted by molar-refractivity contribution is 0.0526. The molecule has 22 heavy (non-hydrogen) atoms. The number of benzene rings is 1. The van der Waals surface area contributed by atoms with Crippen molar-refractivity contribution in [2.75, 3.05) is 19.7 Å². The molecule has 0 aromatic heterocycles. The Hall–Kier alpha value is -1.15. The van der Waals surface area contributed by atoms with E-state index in [0.29, 0.717) is 12.1 Å². The summed E-state index contributed by atoms with van der Waals surface area (Å²) in [5, 5.41) is 3.11. The first kappa shape index (κ1) is 18.9. The van der Waals surface area contributed by atoms with Crippen LogP contribution in [0.1, 0.15) is 29.3 Å². The van der Waals surface area contributed by atoms with Crippen molar-refractivity contribution in [1.82, 2.24) is 10.0 Å². The van der Waals surface area contributed by atoms with Crippen molar-refractivity contribution in [2.45, 2.75) is 31.2 Å². The first-order valence-electron chi connectivity index (χ1n) is 6.95. The third-order valence-electron chi connectivity index (χ3n) is 3.37. The van der Waals surface area contributed by atoms with E-state index < -0.39 is 16.0 Å². The predicted octanol–water partition coefficient (Wildman–Crippen LogP) is 1.23. The second-order valence-electron chi connectivity index (χ2n) is 5.01. The monoisotopic (exact) mass is 348 g/mol. The molecule has 1 aromatic rings. The van der Waals surface area contributed by atoms with Crippen molar-refractivity contribution < 1.29 is 17.9 Å². The Morgan fingerprint density at radius 2 is 2.18 bits per heavy atom. The Bertz CT molecular complexity index is 628. The summed E-state index contributed by atoms with van der Waals surface area (Å²) >= 11 is 0. The standard InChI is InChI=1S/C14H20N2O4S.ClH/c1-3-20-14(17)11-5-4-10(2)13(8-11)21(18,19)16-12-6-7-15-9-12;/h4-5,8,12,15-16H,3,6-7,9H2,1-2H3;1H. The Kier molecular flexibility index (Phi) is 6.80. The van der Waals surface area contributed by atoms with Crippen LogP contribution in [0.3, 0.4) is 0 Å². The van der Waals surface area contributed by atoms with Gasteiger partial charge in [0.25, 0.3) is 0 Å². The van der Waals surface area contributed by atoms with Crippen LogP contribution in [0.2, 0.25) is 0 Å². The molecule has 2 rings (SSSR count). The van der Waals surface area contributed by atoms with E-state index in [1.165, 1.54) is 6.07 Å². The highest BCUT2D eigenvalue weighted by molar-refractivity contribution is 7.89. The molecule has 8 heteroatoms. The smallest absolute Gasteiger partial charge is 0.338 e. The molecule has 0 amide bonds. The van der Waals surface area contributed by atoms with Gasteiger partial charge in [-0.3, -0.25) is 0 Å². The topological polar surface area (TPSA) is 84.5 Å². The molecule has 1 fully saturated rings. The number of rotatable bonds is 5. The molecule has 1 heterocycles. The first-order chi connectivity index (χ1) is 9.94. The average molecular weight is 349 g/mol. The fourth-order valence-corrected chi connectivity index (χ4v) is 3.81. The maximum Gasteiger partial charge on any atom is 0.338 e. The normalized spacial score (nSPS) is 17.8. The minimum atomic E-state index is -3.64. The van der Waals surface area contributed by atoms with Crippen LogP contribution in [0.25, 0.3) is 0 Å². The van der Waals surface area contributed by atoms with Crippen LogP contribution in [0, 0.1) is 6.92 Å². The van der Waals surface area contributed by atoms with E-state index >= 15 is 0 Å². The number of ether oxygens (including phenoxy) is 1. The second kappa shape index (κ2) is 7.92. The summed E-state index contributed by atoms with van der Waals surface area (Å²) in [6.45, 7) is 5.08. The summed E-state index contributed by atoms with van der Waals surface area (Å²) in [7, 11) is -3.64. The minimum Gasteiger partial charge on any atom is -0.462 e. The molecule has 6 nitrogen and oxygen atoms in total. The minimum absolute atomic E-state index is 0. The number of esters is 1. The zero-order valence-electron chi connectivity index (χ0n) is 12.6. The van der Waals surface area contributed by atoms with Crippen molar-refractivity contribution in [3.8, 4) is 0 Å². The fraction of sp³-hybridized carbons (Fsp3) is 0.500. The quantitative estimate of drug-likeness (QED) is 0.782. The van der Waals surface area contributed by atoms with E-state index in [2.05, 4.69) is 10.0 Å². The molecule has 1 aliphatic heterocycles. The number of hydrogen-bond acceptors (Lipinski definition) is 5. The number of sulfonamides is 1. The molecule has 1 aliphatic rings. The van der Waals surface area contributed by atoms with Crippen molar-refractivity contribution in [2.24, 2.45) is 0 Å². The summed E-state index contributed by atoms with van der Waals surface area (Å²) in [5.74, 6) is -0.517. The van der Waals surface area contributed by atoms with E-state index in [1.807, 2.05) is 0 Å². The van der Waals surface area contributed by atoms with Crippen molar-refractivity contribution in [1.29, 1.82) is 0 Å². The molecular weight excluding hydrogens is 328 g/mol. The van der Waals surface area contributed by atoms with Crippen LogP contribution in [0.4, 0.5) is 0 Å². The largest absolute Gasteiger partial charge is 0.462 e. The Labute approximate surface area is 137 Å². The van der Waals surface area contributed by atoms with Crippen molar-refractivity contribution in [3.05, 3.63) is 29.3 Å². The van der Waals surface area contributed by atoms with E-state index in [4.69, 9.17) is 4.74 Å². The number of hydrogen-bond donors (Lipinski definition) is 2. The second-order valence-corrected chi connectivity index (χ2v) is 6.69. The summed E-state index contributed by atoms with van der Waals surface area (Å²) in [4.78, 5) is 11.9. The highest BCUT2D eigenvalue weighted by atomic mass is 35.5. The van der Waals surface area contributed by atoms with E-state index in [9.17, 15) is 13.2 Å². The highest BCUT2D eigenvalue weighted by Crippen LogP contribution is 2.18. The molecular formula is C14H21ClN2O4S. The van der Waals surface area contributed by atoms with Crippen LogP contribution < -0.4 is 10.0 Å². The zero-order valence-corrected chi connectivity index (χ0v) is 14.2.